The van der Waals surface area contributed by atoms with Crippen LogP contribution >= 0.6 is 11.8 Å². The Bertz CT molecular complexity index is 731. The van der Waals surface area contributed by atoms with Gasteiger partial charge in [-0.2, -0.15) is 0 Å². The zero-order chi connectivity index (χ0) is 16.1. The minimum atomic E-state index is -0.572. The molecule has 23 heavy (non-hydrogen) atoms. The molecule has 0 amide bonds. The summed E-state index contributed by atoms with van der Waals surface area (Å²) in [4.78, 5) is 48.0. The van der Waals surface area contributed by atoms with E-state index in [0.717, 1.165) is 9.81 Å². The predicted octanol–water partition coefficient (Wildman–Crippen LogP) is 1.55. The summed E-state index contributed by atoms with van der Waals surface area (Å²) in [6.07, 6.45) is 7.61. The summed E-state index contributed by atoms with van der Waals surface area (Å²) in [5, 5.41) is 0. The van der Waals surface area contributed by atoms with Crippen LogP contribution in [0, 0.1) is 11.8 Å². The van der Waals surface area contributed by atoms with Crippen molar-refractivity contribution >= 4 is 35.6 Å². The summed E-state index contributed by atoms with van der Waals surface area (Å²) in [6, 6.07) is 0. The van der Waals surface area contributed by atoms with Gasteiger partial charge in [0.05, 0.1) is 23.0 Å². The molecule has 6 nitrogen and oxygen atoms in total. The zero-order valence-electron chi connectivity index (χ0n) is 11.7. The first kappa shape index (κ1) is 14.2. The van der Waals surface area contributed by atoms with E-state index in [1.54, 1.807) is 24.3 Å². The Morgan fingerprint density at radius 2 is 1.17 bits per heavy atom. The van der Waals surface area contributed by atoms with Crippen molar-refractivity contribution < 1.29 is 28.7 Å². The maximum absolute atomic E-state index is 11.6. The maximum atomic E-state index is 11.6. The quantitative estimate of drug-likeness (QED) is 0.561. The van der Waals surface area contributed by atoms with E-state index >= 15 is 0 Å². The largest absolute Gasteiger partial charge is 0.389 e. The Labute approximate surface area is 134 Å². The molecule has 0 aromatic carbocycles. The van der Waals surface area contributed by atoms with Crippen LogP contribution in [-0.2, 0) is 28.7 Å². The van der Waals surface area contributed by atoms with Gasteiger partial charge in [0.2, 0.25) is 0 Å². The molecule has 0 aromatic heterocycles. The van der Waals surface area contributed by atoms with Gasteiger partial charge in [0.1, 0.15) is 0 Å². The summed E-state index contributed by atoms with van der Waals surface area (Å²) in [5.74, 6) is -3.25. The van der Waals surface area contributed by atoms with E-state index in [9.17, 15) is 19.2 Å². The Morgan fingerprint density at radius 1 is 0.739 bits per heavy atom. The van der Waals surface area contributed by atoms with Gasteiger partial charge in [-0.15, -0.1) is 0 Å². The normalized spacial score (nSPS) is 29.0. The van der Waals surface area contributed by atoms with Crippen LogP contribution in [0.25, 0.3) is 0 Å². The van der Waals surface area contributed by atoms with Gasteiger partial charge < -0.3 is 9.47 Å². The van der Waals surface area contributed by atoms with Crippen molar-refractivity contribution in [1.82, 2.24) is 0 Å². The van der Waals surface area contributed by atoms with Gasteiger partial charge in [0.15, 0.2) is 0 Å². The summed E-state index contributed by atoms with van der Waals surface area (Å²) in [6.45, 7) is 0. The highest BCUT2D eigenvalue weighted by atomic mass is 32.2. The topological polar surface area (TPSA) is 86.7 Å². The monoisotopic (exact) mass is 330 g/mol. The molecule has 7 heteroatoms. The molecule has 0 aromatic rings. The molecule has 2 aliphatic heterocycles. The highest BCUT2D eigenvalue weighted by Gasteiger charge is 2.42. The second kappa shape index (κ2) is 5.06. The minimum Gasteiger partial charge on any atom is -0.389 e. The second-order valence-corrected chi connectivity index (χ2v) is 6.80. The van der Waals surface area contributed by atoms with E-state index in [4.69, 9.17) is 0 Å². The molecule has 4 rings (SSSR count). The first-order chi connectivity index (χ1) is 11.0. The lowest BCUT2D eigenvalue weighted by Crippen LogP contribution is -2.13. The molecule has 2 saturated heterocycles. The van der Waals surface area contributed by atoms with Crippen molar-refractivity contribution in [2.45, 2.75) is 12.8 Å². The van der Waals surface area contributed by atoms with Crippen molar-refractivity contribution in [3.63, 3.8) is 0 Å². The van der Waals surface area contributed by atoms with Crippen molar-refractivity contribution in [1.29, 1.82) is 0 Å². The smallest absolute Gasteiger partial charge is 0.342 e. The molecule has 0 saturated carbocycles. The van der Waals surface area contributed by atoms with Gasteiger partial charge in [-0.3, -0.25) is 9.59 Å². The second-order valence-electron chi connectivity index (χ2n) is 5.54. The zero-order valence-corrected chi connectivity index (χ0v) is 12.6. The fourth-order valence-electron chi connectivity index (χ4n) is 2.96. The van der Waals surface area contributed by atoms with Crippen LogP contribution < -0.4 is 0 Å². The minimum absolute atomic E-state index is 0.393. The number of hydrogen-bond acceptors (Lipinski definition) is 7. The third kappa shape index (κ3) is 2.28. The lowest BCUT2D eigenvalue weighted by atomic mass is 9.93. The van der Waals surface area contributed by atoms with Gasteiger partial charge in [-0.05, 0) is 22.7 Å². The van der Waals surface area contributed by atoms with Crippen molar-refractivity contribution in [3.05, 3.63) is 45.3 Å². The first-order valence-corrected chi connectivity index (χ1v) is 7.86. The summed E-state index contributed by atoms with van der Waals surface area (Å²) >= 11 is 1.44. The maximum Gasteiger partial charge on any atom is 0.342 e. The number of allylic oxidation sites excluding steroid dienone is 6. The Hall–Kier alpha value is -2.41. The fourth-order valence-corrected chi connectivity index (χ4v) is 4.07. The van der Waals surface area contributed by atoms with Crippen LogP contribution in [0.3, 0.4) is 0 Å². The molecule has 0 radical (unpaired) electrons. The van der Waals surface area contributed by atoms with Gasteiger partial charge >= 0.3 is 23.9 Å². The van der Waals surface area contributed by atoms with E-state index in [1.165, 1.54) is 11.8 Å². The van der Waals surface area contributed by atoms with Crippen molar-refractivity contribution in [2.24, 2.45) is 11.8 Å². The molecular weight excluding hydrogens is 320 g/mol. The standard InChI is InChI=1S/C16H10O6S/c17-13-9-3-1-7(5-11(9)15(19)21-13)23-8-2-4-10-12(6-8)16(20)22-14(10)18/h1-4,11-12H,5-6H2. The Morgan fingerprint density at radius 3 is 1.61 bits per heavy atom. The SMILES string of the molecule is O=C1OC(=O)C2CC(SC3=CC=C4C(=O)OC(=O)C4C3)=CC=C12. The Kier molecular flexibility index (Phi) is 3.12. The van der Waals surface area contributed by atoms with Crippen molar-refractivity contribution in [2.75, 3.05) is 0 Å². The Balaban J connectivity index is 1.52. The third-order valence-electron chi connectivity index (χ3n) is 4.15. The predicted molar refractivity (Wildman–Crippen MR) is 78.3 cm³/mol. The van der Waals surface area contributed by atoms with Gasteiger partial charge in [-0.25, -0.2) is 9.59 Å². The molecule has 2 aliphatic carbocycles. The van der Waals surface area contributed by atoms with Crippen LogP contribution in [0.4, 0.5) is 0 Å². The van der Waals surface area contributed by atoms with E-state index < -0.39 is 35.7 Å². The van der Waals surface area contributed by atoms with Crippen LogP contribution in [0.1, 0.15) is 12.8 Å². The number of thioether (sulfide) groups is 1. The number of carbonyl (C=O) groups excluding carboxylic acids is 4. The number of cyclic esters (lactones) is 4. The highest BCUT2D eigenvalue weighted by molar-refractivity contribution is 8.06. The fraction of sp³-hybridized carbons (Fsp3) is 0.250. The van der Waals surface area contributed by atoms with Gasteiger partial charge in [0.25, 0.3) is 0 Å². The number of carbonyl (C=O) groups is 4. The lowest BCUT2D eigenvalue weighted by Gasteiger charge is -2.18. The molecule has 0 spiro atoms. The van der Waals surface area contributed by atoms with Gasteiger partial charge in [0, 0.05) is 0 Å². The molecule has 4 aliphatic rings. The third-order valence-corrected chi connectivity index (χ3v) is 5.28. The molecule has 0 bridgehead atoms. The lowest BCUT2D eigenvalue weighted by molar-refractivity contribution is -0.154. The summed E-state index contributed by atoms with van der Waals surface area (Å²) in [7, 11) is 0. The number of ether oxygens (including phenoxy) is 2. The average Bonchev–Trinajstić information content (AvgIpc) is 2.96. The first-order valence-electron chi connectivity index (χ1n) is 7.04. The molecule has 0 N–H and O–H groups in total. The van der Waals surface area contributed by atoms with Crippen molar-refractivity contribution in [3.8, 4) is 0 Å². The summed E-state index contributed by atoms with van der Waals surface area (Å²) < 4.78 is 9.24. The van der Waals surface area contributed by atoms with Crippen LogP contribution in [0.15, 0.2) is 45.3 Å². The molecule has 2 heterocycles. The molecular formula is C16H10O6S. The highest BCUT2D eigenvalue weighted by Crippen LogP contribution is 2.43. The molecule has 116 valence electrons. The number of rotatable bonds is 2. The van der Waals surface area contributed by atoms with E-state index in [2.05, 4.69) is 9.47 Å². The summed E-state index contributed by atoms with van der Waals surface area (Å²) in [5.41, 5.74) is 0.785. The van der Waals surface area contributed by atoms with E-state index in [1.807, 2.05) is 0 Å². The van der Waals surface area contributed by atoms with E-state index in [-0.39, 0.29) is 0 Å². The molecule has 2 unspecified atom stereocenters. The van der Waals surface area contributed by atoms with Gasteiger partial charge in [-0.1, -0.05) is 36.1 Å². The number of fused-ring (bicyclic) bond motifs is 2. The van der Waals surface area contributed by atoms with E-state index in [0.29, 0.717) is 24.0 Å². The van der Waals surface area contributed by atoms with Crippen LogP contribution in [0.2, 0.25) is 0 Å². The number of esters is 4. The number of hydrogen-bond donors (Lipinski definition) is 0. The average molecular weight is 330 g/mol. The molecule has 2 fully saturated rings. The van der Waals surface area contributed by atoms with Crippen LogP contribution in [-0.4, -0.2) is 23.9 Å². The molecule has 2 atom stereocenters. The van der Waals surface area contributed by atoms with Crippen LogP contribution in [0.5, 0.6) is 0 Å².